The zero-order valence-corrected chi connectivity index (χ0v) is 16.5. The summed E-state index contributed by atoms with van der Waals surface area (Å²) in [6, 6.07) is 3.60. The number of aryl methyl sites for hydroxylation is 1. The Kier molecular flexibility index (Phi) is 7.85. The van der Waals surface area contributed by atoms with Crippen LogP contribution in [0.3, 0.4) is 0 Å². The van der Waals surface area contributed by atoms with Crippen molar-refractivity contribution < 1.29 is 19.0 Å². The predicted octanol–water partition coefficient (Wildman–Crippen LogP) is 3.73. The van der Waals surface area contributed by atoms with Gasteiger partial charge in [0.25, 0.3) is 5.91 Å². The number of nitrogens with one attached hydrogen (secondary N) is 1. The molecule has 1 N–H and O–H groups in total. The Hall–Kier alpha value is -1.66. The fourth-order valence-corrected chi connectivity index (χ4v) is 3.42. The van der Waals surface area contributed by atoms with Crippen molar-refractivity contribution in [3.8, 4) is 5.88 Å². The summed E-state index contributed by atoms with van der Waals surface area (Å²) in [5, 5.41) is 3.04. The van der Waals surface area contributed by atoms with Crippen LogP contribution in [-0.2, 0) is 14.3 Å². The van der Waals surface area contributed by atoms with E-state index >= 15 is 0 Å². The molecule has 1 aliphatic rings. The minimum atomic E-state index is -0.728. The Morgan fingerprint density at radius 3 is 2.81 bits per heavy atom. The van der Waals surface area contributed by atoms with Crippen LogP contribution >= 0.6 is 0 Å². The molecule has 0 spiro atoms. The van der Waals surface area contributed by atoms with Crippen LogP contribution in [0, 0.1) is 12.8 Å². The summed E-state index contributed by atoms with van der Waals surface area (Å²) in [6.45, 7) is 7.67. The quantitative estimate of drug-likeness (QED) is 0.676. The molecule has 26 heavy (non-hydrogen) atoms. The Balaban J connectivity index is 2.08. The molecule has 2 atom stereocenters. The summed E-state index contributed by atoms with van der Waals surface area (Å²) < 4.78 is 16.6. The van der Waals surface area contributed by atoms with Crippen molar-refractivity contribution in [2.45, 2.75) is 58.5 Å². The molecular weight excluding hydrogens is 332 g/mol. The van der Waals surface area contributed by atoms with E-state index in [0.717, 1.165) is 37.8 Å². The van der Waals surface area contributed by atoms with Crippen molar-refractivity contribution in [2.75, 3.05) is 32.2 Å². The summed E-state index contributed by atoms with van der Waals surface area (Å²) in [5.41, 5.74) is 0.697. The first-order valence-electron chi connectivity index (χ1n) is 9.55. The number of aromatic nitrogens is 1. The maximum Gasteiger partial charge on any atom is 0.256 e. The average molecular weight is 364 g/mol. The van der Waals surface area contributed by atoms with Gasteiger partial charge >= 0.3 is 0 Å². The number of hydrogen-bond donors (Lipinski definition) is 1. The van der Waals surface area contributed by atoms with Gasteiger partial charge in [-0.3, -0.25) is 4.79 Å². The maximum absolute atomic E-state index is 13.1. The largest absolute Gasteiger partial charge is 0.475 e. The van der Waals surface area contributed by atoms with Gasteiger partial charge in [0.05, 0.1) is 18.0 Å². The van der Waals surface area contributed by atoms with Gasteiger partial charge in [-0.15, -0.1) is 0 Å². The molecule has 2 rings (SSSR count). The van der Waals surface area contributed by atoms with Crippen LogP contribution in [0.4, 0.5) is 5.69 Å². The molecule has 1 amide bonds. The molecule has 1 aromatic heterocycles. The normalized spacial score (nSPS) is 22.8. The van der Waals surface area contributed by atoms with Crippen LogP contribution < -0.4 is 10.1 Å². The lowest BCUT2D eigenvalue weighted by Crippen LogP contribution is -2.49. The fourth-order valence-electron chi connectivity index (χ4n) is 3.42. The number of nitrogens with zero attached hydrogens (tertiary/aromatic N) is 1. The van der Waals surface area contributed by atoms with Gasteiger partial charge in [-0.1, -0.05) is 20.3 Å². The maximum atomic E-state index is 13.1. The van der Waals surface area contributed by atoms with Gasteiger partial charge in [-0.25, -0.2) is 4.98 Å². The van der Waals surface area contributed by atoms with Gasteiger partial charge in [0.2, 0.25) is 5.88 Å². The first kappa shape index (κ1) is 20.6. The Morgan fingerprint density at radius 1 is 1.35 bits per heavy atom. The van der Waals surface area contributed by atoms with Gasteiger partial charge in [0.15, 0.2) is 0 Å². The number of ether oxygens (including phenoxy) is 3. The third-order valence-corrected chi connectivity index (χ3v) is 4.80. The van der Waals surface area contributed by atoms with Crippen molar-refractivity contribution in [1.82, 2.24) is 4.98 Å². The molecule has 2 unspecified atom stereocenters. The summed E-state index contributed by atoms with van der Waals surface area (Å²) in [5.74, 6) is 0.957. The Bertz CT molecular complexity index is 593. The summed E-state index contributed by atoms with van der Waals surface area (Å²) in [4.78, 5) is 17.5. The van der Waals surface area contributed by atoms with E-state index in [2.05, 4.69) is 24.1 Å². The zero-order chi connectivity index (χ0) is 19.0. The lowest BCUT2D eigenvalue weighted by Gasteiger charge is -2.38. The SMILES string of the molecule is CCCOC1(C(=O)Nc2ccc(OCCOC)nc2C)CCCC(C)C1. The number of anilines is 1. The minimum Gasteiger partial charge on any atom is -0.475 e. The molecule has 0 radical (unpaired) electrons. The third kappa shape index (κ3) is 5.42. The molecule has 1 fully saturated rings. The minimum absolute atomic E-state index is 0.0598. The molecule has 1 heterocycles. The van der Waals surface area contributed by atoms with Crippen LogP contribution in [0.5, 0.6) is 5.88 Å². The highest BCUT2D eigenvalue weighted by Crippen LogP contribution is 2.36. The van der Waals surface area contributed by atoms with Crippen LogP contribution in [0.2, 0.25) is 0 Å². The molecule has 6 heteroatoms. The van der Waals surface area contributed by atoms with Crippen LogP contribution in [0.15, 0.2) is 12.1 Å². The number of carbonyl (C=O) groups is 1. The first-order valence-corrected chi connectivity index (χ1v) is 9.55. The summed E-state index contributed by atoms with van der Waals surface area (Å²) >= 11 is 0. The molecule has 1 aliphatic carbocycles. The Morgan fingerprint density at radius 2 is 2.15 bits per heavy atom. The molecule has 0 bridgehead atoms. The van der Waals surface area contributed by atoms with E-state index in [1.807, 2.05) is 13.0 Å². The van der Waals surface area contributed by atoms with Crippen molar-refractivity contribution in [2.24, 2.45) is 5.92 Å². The van der Waals surface area contributed by atoms with Crippen molar-refractivity contribution in [3.05, 3.63) is 17.8 Å². The monoisotopic (exact) mass is 364 g/mol. The van der Waals surface area contributed by atoms with E-state index in [4.69, 9.17) is 14.2 Å². The van der Waals surface area contributed by atoms with Crippen LogP contribution in [-0.4, -0.2) is 43.4 Å². The topological polar surface area (TPSA) is 69.7 Å². The second kappa shape index (κ2) is 9.88. The van der Waals surface area contributed by atoms with Gasteiger partial charge in [-0.2, -0.15) is 0 Å². The molecule has 1 saturated carbocycles. The van der Waals surface area contributed by atoms with E-state index in [1.54, 1.807) is 13.2 Å². The highest BCUT2D eigenvalue weighted by molar-refractivity contribution is 5.97. The number of methoxy groups -OCH3 is 1. The van der Waals surface area contributed by atoms with Gasteiger partial charge in [0, 0.05) is 19.8 Å². The first-order chi connectivity index (χ1) is 12.5. The predicted molar refractivity (Wildman–Crippen MR) is 102 cm³/mol. The molecule has 146 valence electrons. The second-order valence-corrected chi connectivity index (χ2v) is 7.12. The highest BCUT2D eigenvalue weighted by atomic mass is 16.5. The van der Waals surface area contributed by atoms with Crippen molar-refractivity contribution in [1.29, 1.82) is 0 Å². The number of carbonyl (C=O) groups excluding carboxylic acids is 1. The molecule has 0 aliphatic heterocycles. The number of pyridine rings is 1. The molecule has 6 nitrogen and oxygen atoms in total. The molecular formula is C20H32N2O4. The standard InChI is InChI=1S/C20H32N2O4/c1-5-11-26-20(10-6-7-15(2)14-20)19(23)22-17-8-9-18(21-16(17)3)25-13-12-24-4/h8-9,15H,5-7,10-14H2,1-4H3,(H,22,23). The lowest BCUT2D eigenvalue weighted by molar-refractivity contribution is -0.148. The third-order valence-electron chi connectivity index (χ3n) is 4.80. The molecule has 0 aromatic carbocycles. The summed E-state index contributed by atoms with van der Waals surface area (Å²) in [6.07, 6.45) is 4.61. The van der Waals surface area contributed by atoms with Crippen LogP contribution in [0.1, 0.15) is 51.6 Å². The van der Waals surface area contributed by atoms with Gasteiger partial charge in [0.1, 0.15) is 12.2 Å². The van der Waals surface area contributed by atoms with E-state index in [0.29, 0.717) is 37.3 Å². The number of hydrogen-bond acceptors (Lipinski definition) is 5. The lowest BCUT2D eigenvalue weighted by atomic mass is 9.78. The van der Waals surface area contributed by atoms with E-state index in [1.165, 1.54) is 0 Å². The van der Waals surface area contributed by atoms with E-state index in [-0.39, 0.29) is 5.91 Å². The number of amides is 1. The Labute approximate surface area is 156 Å². The number of rotatable bonds is 9. The van der Waals surface area contributed by atoms with Crippen LogP contribution in [0.25, 0.3) is 0 Å². The summed E-state index contributed by atoms with van der Waals surface area (Å²) in [7, 11) is 1.63. The fraction of sp³-hybridized carbons (Fsp3) is 0.700. The molecule has 0 saturated heterocycles. The van der Waals surface area contributed by atoms with Crippen molar-refractivity contribution >= 4 is 11.6 Å². The molecule has 1 aromatic rings. The average Bonchev–Trinajstić information content (AvgIpc) is 2.62. The van der Waals surface area contributed by atoms with Crippen molar-refractivity contribution in [3.63, 3.8) is 0 Å². The van der Waals surface area contributed by atoms with Gasteiger partial charge < -0.3 is 19.5 Å². The highest BCUT2D eigenvalue weighted by Gasteiger charge is 2.42. The van der Waals surface area contributed by atoms with Gasteiger partial charge in [-0.05, 0) is 44.6 Å². The zero-order valence-electron chi connectivity index (χ0n) is 16.5. The van der Waals surface area contributed by atoms with E-state index in [9.17, 15) is 4.79 Å². The second-order valence-electron chi connectivity index (χ2n) is 7.12. The van der Waals surface area contributed by atoms with E-state index < -0.39 is 5.60 Å². The smallest absolute Gasteiger partial charge is 0.256 e.